The second-order valence-corrected chi connectivity index (χ2v) is 4.38. The highest BCUT2D eigenvalue weighted by atomic mass is 16.7. The molecule has 0 amide bonds. The molecule has 1 saturated heterocycles. The van der Waals surface area contributed by atoms with E-state index in [0.29, 0.717) is 12.3 Å². The van der Waals surface area contributed by atoms with Gasteiger partial charge in [0.1, 0.15) is 18.3 Å². The molecule has 3 N–H and O–H groups in total. The Kier molecular flexibility index (Phi) is 4.48. The fourth-order valence-electron chi connectivity index (χ4n) is 1.77. The molecule has 0 bridgehead atoms. The number of hydrogen-bond donors (Lipinski definition) is 3. The van der Waals surface area contributed by atoms with Gasteiger partial charge in [-0.15, -0.1) is 0 Å². The molecule has 1 aliphatic rings. The van der Waals surface area contributed by atoms with Gasteiger partial charge in [-0.1, -0.05) is 13.8 Å². The molecule has 0 aromatic carbocycles. The number of hydrogen-bond acceptors (Lipinski definition) is 5. The minimum absolute atomic E-state index is 0.338. The van der Waals surface area contributed by atoms with Crippen LogP contribution in [0.4, 0.5) is 0 Å². The summed E-state index contributed by atoms with van der Waals surface area (Å²) in [5.41, 5.74) is 0. The summed E-state index contributed by atoms with van der Waals surface area (Å²) >= 11 is 0. The van der Waals surface area contributed by atoms with Crippen molar-refractivity contribution in [3.8, 4) is 0 Å². The quantitative estimate of drug-likeness (QED) is 0.597. The summed E-state index contributed by atoms with van der Waals surface area (Å²) in [6, 6.07) is 0. The van der Waals surface area contributed by atoms with Crippen molar-refractivity contribution in [3.63, 3.8) is 0 Å². The highest BCUT2D eigenvalue weighted by Gasteiger charge is 2.43. The van der Waals surface area contributed by atoms with Crippen molar-refractivity contribution in [2.75, 3.05) is 7.11 Å². The molecule has 1 rings (SSSR count). The van der Waals surface area contributed by atoms with Crippen molar-refractivity contribution in [1.29, 1.82) is 0 Å². The van der Waals surface area contributed by atoms with Gasteiger partial charge in [-0.3, -0.25) is 0 Å². The Morgan fingerprint density at radius 3 is 2.20 bits per heavy atom. The Hall–Kier alpha value is -0.200. The third-order valence-corrected chi connectivity index (χ3v) is 2.60. The van der Waals surface area contributed by atoms with Gasteiger partial charge in [-0.25, -0.2) is 0 Å². The molecule has 1 fully saturated rings. The van der Waals surface area contributed by atoms with Crippen molar-refractivity contribution >= 4 is 0 Å². The van der Waals surface area contributed by atoms with E-state index in [1.807, 2.05) is 13.8 Å². The first-order valence-electron chi connectivity index (χ1n) is 5.19. The molecule has 0 spiro atoms. The van der Waals surface area contributed by atoms with E-state index in [-0.39, 0.29) is 0 Å². The average molecular weight is 220 g/mol. The minimum Gasteiger partial charge on any atom is -0.388 e. The Morgan fingerprint density at radius 2 is 1.73 bits per heavy atom. The number of ether oxygens (including phenoxy) is 2. The van der Waals surface area contributed by atoms with Crippen molar-refractivity contribution in [2.45, 2.75) is 51.0 Å². The molecule has 5 heteroatoms. The minimum atomic E-state index is -1.22. The van der Waals surface area contributed by atoms with E-state index in [1.54, 1.807) is 0 Å². The fraction of sp³-hybridized carbons (Fsp3) is 1.00. The van der Waals surface area contributed by atoms with E-state index < -0.39 is 30.7 Å². The first-order valence-corrected chi connectivity index (χ1v) is 5.19. The Balaban J connectivity index is 2.65. The molecule has 15 heavy (non-hydrogen) atoms. The first kappa shape index (κ1) is 12.9. The van der Waals surface area contributed by atoms with Crippen LogP contribution in [0.3, 0.4) is 0 Å². The van der Waals surface area contributed by atoms with Gasteiger partial charge in [-0.2, -0.15) is 0 Å². The van der Waals surface area contributed by atoms with Crippen LogP contribution < -0.4 is 0 Å². The summed E-state index contributed by atoms with van der Waals surface area (Å²) in [6.45, 7) is 3.99. The predicted molar refractivity (Wildman–Crippen MR) is 53.1 cm³/mol. The lowest BCUT2D eigenvalue weighted by atomic mass is 9.93. The molecule has 0 aromatic heterocycles. The maximum Gasteiger partial charge on any atom is 0.186 e. The van der Waals surface area contributed by atoms with E-state index in [2.05, 4.69) is 0 Å². The highest BCUT2D eigenvalue weighted by molar-refractivity contribution is 4.89. The maximum absolute atomic E-state index is 9.68. The van der Waals surface area contributed by atoms with Crippen LogP contribution in [-0.4, -0.2) is 53.1 Å². The zero-order chi connectivity index (χ0) is 11.6. The summed E-state index contributed by atoms with van der Waals surface area (Å²) in [5, 5.41) is 28.8. The normalized spacial score (nSPS) is 42.2. The Morgan fingerprint density at radius 1 is 1.13 bits per heavy atom. The largest absolute Gasteiger partial charge is 0.388 e. The second kappa shape index (κ2) is 5.23. The zero-order valence-electron chi connectivity index (χ0n) is 9.33. The van der Waals surface area contributed by atoms with Crippen LogP contribution >= 0.6 is 0 Å². The second-order valence-electron chi connectivity index (χ2n) is 4.38. The molecule has 5 atom stereocenters. The van der Waals surface area contributed by atoms with Crippen LogP contribution in [-0.2, 0) is 9.47 Å². The van der Waals surface area contributed by atoms with Crippen LogP contribution in [0, 0.1) is 5.92 Å². The maximum atomic E-state index is 9.68. The molecular weight excluding hydrogens is 200 g/mol. The van der Waals surface area contributed by atoms with Crippen LogP contribution in [0.1, 0.15) is 20.3 Å². The predicted octanol–water partition coefficient (Wildman–Crippen LogP) is -0.514. The van der Waals surface area contributed by atoms with Crippen LogP contribution in [0.15, 0.2) is 0 Å². The van der Waals surface area contributed by atoms with E-state index in [9.17, 15) is 15.3 Å². The van der Waals surface area contributed by atoms with Gasteiger partial charge in [0.15, 0.2) is 6.29 Å². The molecule has 1 heterocycles. The van der Waals surface area contributed by atoms with E-state index in [1.165, 1.54) is 7.11 Å². The van der Waals surface area contributed by atoms with Crippen molar-refractivity contribution < 1.29 is 24.8 Å². The third kappa shape index (κ3) is 2.89. The van der Waals surface area contributed by atoms with Crippen molar-refractivity contribution in [3.05, 3.63) is 0 Å². The van der Waals surface area contributed by atoms with Gasteiger partial charge < -0.3 is 24.8 Å². The number of aliphatic hydroxyl groups excluding tert-OH is 3. The summed E-state index contributed by atoms with van der Waals surface area (Å²) in [6.07, 6.45) is -4.22. The standard InChI is InChI=1S/C10H20O5/c1-5(2)4-6-7(11)8(12)9(13)10(14-3)15-6/h5-13H,4H2,1-3H3/t6-,7-,8+,9-,10+/m1/s1. The van der Waals surface area contributed by atoms with Crippen molar-refractivity contribution in [2.24, 2.45) is 5.92 Å². The van der Waals surface area contributed by atoms with Gasteiger partial charge in [0.05, 0.1) is 6.10 Å². The van der Waals surface area contributed by atoms with Crippen molar-refractivity contribution in [1.82, 2.24) is 0 Å². The summed E-state index contributed by atoms with van der Waals surface area (Å²) in [7, 11) is 1.39. The Labute approximate surface area is 89.6 Å². The first-order chi connectivity index (χ1) is 6.97. The highest BCUT2D eigenvalue weighted by Crippen LogP contribution is 2.25. The fourth-order valence-corrected chi connectivity index (χ4v) is 1.77. The molecule has 5 nitrogen and oxygen atoms in total. The summed E-state index contributed by atoms with van der Waals surface area (Å²) < 4.78 is 10.2. The van der Waals surface area contributed by atoms with Crippen LogP contribution in [0.2, 0.25) is 0 Å². The van der Waals surface area contributed by atoms with Gasteiger partial charge in [0.25, 0.3) is 0 Å². The van der Waals surface area contributed by atoms with Gasteiger partial charge in [-0.05, 0) is 12.3 Å². The van der Waals surface area contributed by atoms with E-state index in [0.717, 1.165) is 0 Å². The zero-order valence-corrected chi connectivity index (χ0v) is 9.33. The summed E-state index contributed by atoms with van der Waals surface area (Å²) in [5.74, 6) is 0.338. The summed E-state index contributed by atoms with van der Waals surface area (Å²) in [4.78, 5) is 0. The average Bonchev–Trinajstić information content (AvgIpc) is 2.18. The third-order valence-electron chi connectivity index (χ3n) is 2.60. The molecule has 0 aliphatic carbocycles. The Bertz CT molecular complexity index is 194. The SMILES string of the molecule is CO[C@H]1O[C@H](CC(C)C)[C@@H](O)[C@H](O)[C@H]1O. The van der Waals surface area contributed by atoms with Gasteiger partial charge in [0.2, 0.25) is 0 Å². The van der Waals surface area contributed by atoms with Crippen LogP contribution in [0.25, 0.3) is 0 Å². The van der Waals surface area contributed by atoms with Crippen LogP contribution in [0.5, 0.6) is 0 Å². The molecule has 0 unspecified atom stereocenters. The monoisotopic (exact) mass is 220 g/mol. The lowest BCUT2D eigenvalue weighted by molar-refractivity contribution is -0.291. The molecular formula is C10H20O5. The lowest BCUT2D eigenvalue weighted by Crippen LogP contribution is -2.58. The number of methoxy groups -OCH3 is 1. The smallest absolute Gasteiger partial charge is 0.186 e. The molecule has 0 aromatic rings. The molecule has 0 saturated carbocycles. The molecule has 0 radical (unpaired) electrons. The lowest BCUT2D eigenvalue weighted by Gasteiger charge is -2.40. The number of aliphatic hydroxyl groups is 3. The molecule has 1 aliphatic heterocycles. The molecule has 90 valence electrons. The van der Waals surface area contributed by atoms with Gasteiger partial charge >= 0.3 is 0 Å². The van der Waals surface area contributed by atoms with E-state index >= 15 is 0 Å². The number of rotatable bonds is 3. The topological polar surface area (TPSA) is 79.2 Å². The van der Waals surface area contributed by atoms with Gasteiger partial charge in [0, 0.05) is 7.11 Å². The van der Waals surface area contributed by atoms with E-state index in [4.69, 9.17) is 9.47 Å².